The maximum absolute atomic E-state index is 12.2. The smallest absolute Gasteiger partial charge is 0.323 e. The van der Waals surface area contributed by atoms with Crippen LogP contribution in [0, 0.1) is 6.92 Å². The summed E-state index contributed by atoms with van der Waals surface area (Å²) in [6, 6.07) is 10.9. The third kappa shape index (κ3) is 3.22. The van der Waals surface area contributed by atoms with E-state index in [-0.39, 0.29) is 11.9 Å². The van der Waals surface area contributed by atoms with Crippen molar-refractivity contribution in [2.24, 2.45) is 0 Å². The van der Waals surface area contributed by atoms with Crippen molar-refractivity contribution in [2.45, 2.75) is 13.8 Å². The van der Waals surface area contributed by atoms with Crippen molar-refractivity contribution < 1.29 is 9.59 Å². The maximum atomic E-state index is 12.2. The molecule has 0 atom stereocenters. The number of carbonyl (C=O) groups excluding carboxylic acids is 2. The lowest BCUT2D eigenvalue weighted by molar-refractivity contribution is 0.102. The molecule has 1 aliphatic rings. The highest BCUT2D eigenvalue weighted by Gasteiger charge is 2.28. The van der Waals surface area contributed by atoms with Crippen molar-refractivity contribution in [3.63, 3.8) is 0 Å². The van der Waals surface area contributed by atoms with Crippen LogP contribution in [-0.2, 0) is 0 Å². The van der Waals surface area contributed by atoms with Crippen LogP contribution in [0.3, 0.4) is 0 Å². The Morgan fingerprint density at radius 3 is 2.50 bits per heavy atom. The van der Waals surface area contributed by atoms with E-state index in [1.807, 2.05) is 26.0 Å². The van der Waals surface area contributed by atoms with Gasteiger partial charge in [0.05, 0.1) is 11.9 Å². The molecule has 124 valence electrons. The molecule has 1 saturated heterocycles. The fourth-order valence-corrected chi connectivity index (χ4v) is 2.62. The number of pyridine rings is 1. The molecule has 1 aromatic carbocycles. The molecule has 6 nitrogen and oxygen atoms in total. The van der Waals surface area contributed by atoms with Gasteiger partial charge in [0.15, 0.2) is 0 Å². The molecule has 24 heavy (non-hydrogen) atoms. The van der Waals surface area contributed by atoms with Gasteiger partial charge in [0.25, 0.3) is 5.91 Å². The third-order valence-electron chi connectivity index (χ3n) is 4.07. The summed E-state index contributed by atoms with van der Waals surface area (Å²) in [5.74, 6) is 0.420. The first-order chi connectivity index (χ1) is 11.6. The molecule has 0 bridgehead atoms. The van der Waals surface area contributed by atoms with E-state index in [1.165, 1.54) is 0 Å². The van der Waals surface area contributed by atoms with E-state index < -0.39 is 0 Å². The number of nitrogens with one attached hydrogen (secondary N) is 1. The molecule has 0 spiro atoms. The van der Waals surface area contributed by atoms with Gasteiger partial charge in [-0.1, -0.05) is 17.7 Å². The zero-order valence-corrected chi connectivity index (χ0v) is 13.8. The van der Waals surface area contributed by atoms with Crippen LogP contribution in [0.5, 0.6) is 0 Å². The van der Waals surface area contributed by atoms with Crippen LogP contribution in [0.1, 0.15) is 22.8 Å². The van der Waals surface area contributed by atoms with E-state index >= 15 is 0 Å². The van der Waals surface area contributed by atoms with Crippen LogP contribution in [-0.4, -0.2) is 41.5 Å². The molecule has 2 heterocycles. The number of hydrogen-bond donors (Lipinski definition) is 1. The summed E-state index contributed by atoms with van der Waals surface area (Å²) in [6.45, 7) is 5.97. The standard InChI is InChI=1S/C18H20N4O2/c1-3-21-10-11-22(18(21)24)16-9-8-15(12-19-16)20-17(23)14-6-4-13(2)5-7-14/h4-9,12H,3,10-11H2,1-2H3,(H,20,23). The summed E-state index contributed by atoms with van der Waals surface area (Å²) < 4.78 is 0. The molecule has 0 saturated carbocycles. The van der Waals surface area contributed by atoms with Crippen LogP contribution >= 0.6 is 0 Å². The highest BCUT2D eigenvalue weighted by atomic mass is 16.2. The zero-order chi connectivity index (χ0) is 17.1. The quantitative estimate of drug-likeness (QED) is 0.940. The van der Waals surface area contributed by atoms with Crippen molar-refractivity contribution in [2.75, 3.05) is 29.9 Å². The number of amides is 3. The van der Waals surface area contributed by atoms with Crippen molar-refractivity contribution in [1.82, 2.24) is 9.88 Å². The summed E-state index contributed by atoms with van der Waals surface area (Å²) in [4.78, 5) is 32.1. The number of hydrogen-bond acceptors (Lipinski definition) is 3. The first kappa shape index (κ1) is 16.0. The fraction of sp³-hybridized carbons (Fsp3) is 0.278. The first-order valence-corrected chi connectivity index (χ1v) is 7.99. The lowest BCUT2D eigenvalue weighted by atomic mass is 10.1. The van der Waals surface area contributed by atoms with Crippen LogP contribution in [0.4, 0.5) is 16.3 Å². The van der Waals surface area contributed by atoms with Gasteiger partial charge < -0.3 is 10.2 Å². The normalized spacial score (nSPS) is 14.2. The Kier molecular flexibility index (Phi) is 4.46. The Hall–Kier alpha value is -2.89. The summed E-state index contributed by atoms with van der Waals surface area (Å²) in [5.41, 5.74) is 2.30. The second kappa shape index (κ2) is 6.70. The Morgan fingerprint density at radius 1 is 1.17 bits per heavy atom. The largest absolute Gasteiger partial charge is 0.325 e. The Bertz CT molecular complexity index is 741. The number of rotatable bonds is 4. The molecule has 1 fully saturated rings. The van der Waals surface area contributed by atoms with Gasteiger partial charge in [-0.25, -0.2) is 9.78 Å². The number of anilines is 2. The molecule has 6 heteroatoms. The number of aromatic nitrogens is 1. The van der Waals surface area contributed by atoms with Gasteiger partial charge in [-0.3, -0.25) is 9.69 Å². The van der Waals surface area contributed by atoms with E-state index in [2.05, 4.69) is 10.3 Å². The monoisotopic (exact) mass is 324 g/mol. The summed E-state index contributed by atoms with van der Waals surface area (Å²) in [7, 11) is 0. The Labute approximate surface area is 141 Å². The second-order valence-corrected chi connectivity index (χ2v) is 5.74. The Balaban J connectivity index is 1.68. The number of likely N-dealkylation sites (N-methyl/N-ethyl adjacent to an activating group) is 1. The topological polar surface area (TPSA) is 65.5 Å². The van der Waals surface area contributed by atoms with E-state index in [0.717, 1.165) is 5.56 Å². The van der Waals surface area contributed by atoms with Gasteiger partial charge in [0.1, 0.15) is 5.82 Å². The van der Waals surface area contributed by atoms with E-state index in [9.17, 15) is 9.59 Å². The summed E-state index contributed by atoms with van der Waals surface area (Å²) in [6.07, 6.45) is 1.57. The molecule has 2 aromatic rings. The molecular formula is C18H20N4O2. The Morgan fingerprint density at radius 2 is 1.92 bits per heavy atom. The predicted molar refractivity (Wildman–Crippen MR) is 93.4 cm³/mol. The van der Waals surface area contributed by atoms with Crippen LogP contribution in [0.25, 0.3) is 0 Å². The molecule has 0 unspecified atom stereocenters. The van der Waals surface area contributed by atoms with E-state index in [4.69, 9.17) is 0 Å². The minimum Gasteiger partial charge on any atom is -0.323 e. The van der Waals surface area contributed by atoms with Gasteiger partial charge >= 0.3 is 6.03 Å². The average Bonchev–Trinajstić information content (AvgIpc) is 2.97. The molecule has 3 amide bonds. The van der Waals surface area contributed by atoms with Gasteiger partial charge in [-0.15, -0.1) is 0 Å². The van der Waals surface area contributed by atoms with Crippen LogP contribution in [0.15, 0.2) is 42.6 Å². The second-order valence-electron chi connectivity index (χ2n) is 5.74. The lowest BCUT2D eigenvalue weighted by Crippen LogP contribution is -2.32. The SMILES string of the molecule is CCN1CCN(c2ccc(NC(=O)c3ccc(C)cc3)cn2)C1=O. The summed E-state index contributed by atoms with van der Waals surface area (Å²) >= 11 is 0. The van der Waals surface area contributed by atoms with Crippen molar-refractivity contribution in [1.29, 1.82) is 0 Å². The summed E-state index contributed by atoms with van der Waals surface area (Å²) in [5, 5.41) is 2.81. The van der Waals surface area contributed by atoms with Crippen LogP contribution in [0.2, 0.25) is 0 Å². The van der Waals surface area contributed by atoms with Gasteiger partial charge in [-0.2, -0.15) is 0 Å². The molecule has 1 aliphatic heterocycles. The zero-order valence-electron chi connectivity index (χ0n) is 13.8. The van der Waals surface area contributed by atoms with E-state index in [0.29, 0.717) is 36.7 Å². The molecule has 1 aromatic heterocycles. The first-order valence-electron chi connectivity index (χ1n) is 7.99. The fourth-order valence-electron chi connectivity index (χ4n) is 2.62. The average molecular weight is 324 g/mol. The molecule has 3 rings (SSSR count). The number of carbonyl (C=O) groups is 2. The van der Waals surface area contributed by atoms with Gasteiger partial charge in [0.2, 0.25) is 0 Å². The van der Waals surface area contributed by atoms with Gasteiger partial charge in [0, 0.05) is 25.2 Å². The number of aryl methyl sites for hydroxylation is 1. The molecule has 1 N–H and O–H groups in total. The lowest BCUT2D eigenvalue weighted by Gasteiger charge is -2.16. The van der Waals surface area contributed by atoms with Gasteiger partial charge in [-0.05, 0) is 38.1 Å². The van der Waals surface area contributed by atoms with Crippen molar-refractivity contribution in [3.05, 3.63) is 53.7 Å². The number of benzene rings is 1. The highest BCUT2D eigenvalue weighted by Crippen LogP contribution is 2.19. The minimum absolute atomic E-state index is 0.0264. The maximum Gasteiger partial charge on any atom is 0.325 e. The number of nitrogens with zero attached hydrogens (tertiary/aromatic N) is 3. The highest BCUT2D eigenvalue weighted by molar-refractivity contribution is 6.04. The molecule has 0 aliphatic carbocycles. The molecule has 0 radical (unpaired) electrons. The predicted octanol–water partition coefficient (Wildman–Crippen LogP) is 2.90. The van der Waals surface area contributed by atoms with Crippen molar-refractivity contribution >= 4 is 23.4 Å². The number of urea groups is 1. The minimum atomic E-state index is -0.182. The molecular weight excluding hydrogens is 304 g/mol. The van der Waals surface area contributed by atoms with Crippen LogP contribution < -0.4 is 10.2 Å². The van der Waals surface area contributed by atoms with Crippen molar-refractivity contribution in [3.8, 4) is 0 Å². The third-order valence-corrected chi connectivity index (χ3v) is 4.07. The van der Waals surface area contributed by atoms with E-state index in [1.54, 1.807) is 40.3 Å².